The van der Waals surface area contributed by atoms with Gasteiger partial charge in [-0.3, -0.25) is 0 Å². The minimum absolute atomic E-state index is 0.747. The quantitative estimate of drug-likeness (QED) is 0.794. The lowest BCUT2D eigenvalue weighted by Crippen LogP contribution is -2.32. The Hall–Kier alpha value is -2.28. The summed E-state index contributed by atoms with van der Waals surface area (Å²) in [5.74, 6) is 3.26. The van der Waals surface area contributed by atoms with Crippen molar-refractivity contribution in [3.63, 3.8) is 0 Å². The maximum absolute atomic E-state index is 4.41. The van der Waals surface area contributed by atoms with Crippen LogP contribution < -0.4 is 10.2 Å². The monoisotopic (exact) mass is 326 g/mol. The van der Waals surface area contributed by atoms with Crippen LogP contribution in [-0.4, -0.2) is 44.4 Å². The molecule has 0 radical (unpaired) electrons. The summed E-state index contributed by atoms with van der Waals surface area (Å²) < 4.78 is 1.67. The zero-order valence-electron chi connectivity index (χ0n) is 12.7. The van der Waals surface area contributed by atoms with E-state index in [9.17, 15) is 0 Å². The van der Waals surface area contributed by atoms with Crippen LogP contribution in [-0.2, 0) is 6.54 Å². The molecule has 23 heavy (non-hydrogen) atoms. The second kappa shape index (κ2) is 6.45. The molecule has 0 spiro atoms. The average molecular weight is 326 g/mol. The molecular formula is C16H18N6S. The van der Waals surface area contributed by atoms with Gasteiger partial charge in [-0.05, 0) is 29.8 Å². The van der Waals surface area contributed by atoms with Gasteiger partial charge in [0.25, 0.3) is 0 Å². The largest absolute Gasteiger partial charge is 0.370 e. The molecule has 1 aliphatic rings. The highest BCUT2D eigenvalue weighted by Gasteiger charge is 2.10. The Labute approximate surface area is 138 Å². The summed E-state index contributed by atoms with van der Waals surface area (Å²) in [6.45, 7) is 3.03. The average Bonchev–Trinajstić information content (AvgIpc) is 3.09. The zero-order chi connectivity index (χ0) is 15.5. The molecule has 0 aliphatic carbocycles. The van der Waals surface area contributed by atoms with E-state index >= 15 is 0 Å². The van der Waals surface area contributed by atoms with Crippen molar-refractivity contribution in [3.8, 4) is 0 Å². The van der Waals surface area contributed by atoms with Crippen molar-refractivity contribution in [1.82, 2.24) is 19.8 Å². The first kappa shape index (κ1) is 14.3. The van der Waals surface area contributed by atoms with Gasteiger partial charge < -0.3 is 10.2 Å². The first-order valence-electron chi connectivity index (χ1n) is 7.71. The van der Waals surface area contributed by atoms with Gasteiger partial charge in [0.1, 0.15) is 12.1 Å². The number of hydrogen-bond donors (Lipinski definition) is 1. The van der Waals surface area contributed by atoms with E-state index in [-0.39, 0.29) is 0 Å². The van der Waals surface area contributed by atoms with E-state index in [1.54, 1.807) is 10.8 Å². The first-order chi connectivity index (χ1) is 11.4. The van der Waals surface area contributed by atoms with E-state index in [1.165, 1.54) is 22.8 Å². The number of anilines is 2. The van der Waals surface area contributed by atoms with Crippen molar-refractivity contribution in [3.05, 3.63) is 48.3 Å². The molecule has 1 aromatic carbocycles. The van der Waals surface area contributed by atoms with Crippen LogP contribution in [0.3, 0.4) is 0 Å². The molecule has 0 amide bonds. The molecule has 0 unspecified atom stereocenters. The lowest BCUT2D eigenvalue weighted by atomic mass is 10.2. The van der Waals surface area contributed by atoms with Crippen LogP contribution in [0.1, 0.15) is 5.56 Å². The van der Waals surface area contributed by atoms with Gasteiger partial charge >= 0.3 is 0 Å². The lowest BCUT2D eigenvalue weighted by Gasteiger charge is -2.28. The SMILES string of the molecule is c1cc(N2CCSCC2)ccc1CNc1ccc2nncn2n1. The molecule has 0 saturated carbocycles. The molecule has 0 bridgehead atoms. The van der Waals surface area contributed by atoms with Gasteiger partial charge in [0, 0.05) is 36.8 Å². The molecule has 6 nitrogen and oxygen atoms in total. The van der Waals surface area contributed by atoms with E-state index in [2.05, 4.69) is 49.8 Å². The Morgan fingerprint density at radius 1 is 1.04 bits per heavy atom. The maximum atomic E-state index is 4.41. The fourth-order valence-electron chi connectivity index (χ4n) is 2.66. The smallest absolute Gasteiger partial charge is 0.177 e. The molecule has 1 aliphatic heterocycles. The third-order valence-electron chi connectivity index (χ3n) is 3.95. The summed E-state index contributed by atoms with van der Waals surface area (Å²) in [4.78, 5) is 2.45. The maximum Gasteiger partial charge on any atom is 0.177 e. The summed E-state index contributed by atoms with van der Waals surface area (Å²) in [6.07, 6.45) is 1.60. The summed E-state index contributed by atoms with van der Waals surface area (Å²) in [6, 6.07) is 12.6. The molecule has 1 fully saturated rings. The first-order valence-corrected chi connectivity index (χ1v) is 8.86. The van der Waals surface area contributed by atoms with Crippen LogP contribution >= 0.6 is 11.8 Å². The van der Waals surface area contributed by atoms with Crippen LogP contribution in [0.5, 0.6) is 0 Å². The van der Waals surface area contributed by atoms with E-state index in [0.29, 0.717) is 0 Å². The van der Waals surface area contributed by atoms with E-state index in [0.717, 1.165) is 31.1 Å². The number of aromatic nitrogens is 4. The van der Waals surface area contributed by atoms with Crippen molar-refractivity contribution in [2.45, 2.75) is 6.54 Å². The number of thioether (sulfide) groups is 1. The Kier molecular flexibility index (Phi) is 4.02. The van der Waals surface area contributed by atoms with Crippen LogP contribution in [0, 0.1) is 0 Å². The zero-order valence-corrected chi connectivity index (χ0v) is 13.5. The standard InChI is InChI=1S/C16H18N6S/c1-3-14(21-7-9-23-10-8-21)4-2-13(1)11-17-15-5-6-16-19-18-12-22(16)20-15/h1-6,12H,7-11H2,(H,17,20). The number of nitrogens with zero attached hydrogens (tertiary/aromatic N) is 5. The Morgan fingerprint density at radius 2 is 1.87 bits per heavy atom. The molecule has 0 atom stereocenters. The lowest BCUT2D eigenvalue weighted by molar-refractivity contribution is 0.858. The molecular weight excluding hydrogens is 308 g/mol. The Morgan fingerprint density at radius 3 is 2.70 bits per heavy atom. The number of benzene rings is 1. The number of hydrogen-bond acceptors (Lipinski definition) is 6. The number of fused-ring (bicyclic) bond motifs is 1. The molecule has 7 heteroatoms. The van der Waals surface area contributed by atoms with Gasteiger partial charge in [-0.15, -0.1) is 15.3 Å². The van der Waals surface area contributed by atoms with E-state index in [1.807, 2.05) is 23.9 Å². The molecule has 1 saturated heterocycles. The molecule has 1 N–H and O–H groups in total. The Balaban J connectivity index is 1.40. The minimum atomic E-state index is 0.747. The fourth-order valence-corrected chi connectivity index (χ4v) is 3.56. The van der Waals surface area contributed by atoms with Gasteiger partial charge in [-0.1, -0.05) is 12.1 Å². The molecule has 118 valence electrons. The van der Waals surface area contributed by atoms with Gasteiger partial charge in [-0.25, -0.2) is 0 Å². The van der Waals surface area contributed by atoms with Crippen molar-refractivity contribution in [2.24, 2.45) is 0 Å². The van der Waals surface area contributed by atoms with Crippen molar-refractivity contribution in [1.29, 1.82) is 0 Å². The number of nitrogens with one attached hydrogen (secondary N) is 1. The summed E-state index contributed by atoms with van der Waals surface area (Å²) >= 11 is 2.03. The van der Waals surface area contributed by atoms with Crippen molar-refractivity contribution >= 4 is 28.9 Å². The second-order valence-electron chi connectivity index (χ2n) is 5.47. The van der Waals surface area contributed by atoms with Crippen LogP contribution in [0.15, 0.2) is 42.7 Å². The van der Waals surface area contributed by atoms with Crippen molar-refractivity contribution < 1.29 is 0 Å². The van der Waals surface area contributed by atoms with Crippen molar-refractivity contribution in [2.75, 3.05) is 34.8 Å². The van der Waals surface area contributed by atoms with E-state index in [4.69, 9.17) is 0 Å². The topological polar surface area (TPSA) is 58.3 Å². The predicted molar refractivity (Wildman–Crippen MR) is 94.1 cm³/mol. The normalized spacial score (nSPS) is 15.0. The molecule has 4 rings (SSSR count). The molecule has 3 heterocycles. The van der Waals surface area contributed by atoms with Gasteiger partial charge in [0.15, 0.2) is 5.65 Å². The van der Waals surface area contributed by atoms with Gasteiger partial charge in [0.2, 0.25) is 0 Å². The van der Waals surface area contributed by atoms with Crippen LogP contribution in [0.2, 0.25) is 0 Å². The third kappa shape index (κ3) is 3.24. The van der Waals surface area contributed by atoms with E-state index < -0.39 is 0 Å². The van der Waals surface area contributed by atoms with Crippen LogP contribution in [0.25, 0.3) is 5.65 Å². The Bertz CT molecular complexity index is 779. The van der Waals surface area contributed by atoms with Crippen LogP contribution in [0.4, 0.5) is 11.5 Å². The summed E-state index contributed by atoms with van der Waals surface area (Å²) in [5.41, 5.74) is 3.31. The second-order valence-corrected chi connectivity index (χ2v) is 6.70. The molecule has 3 aromatic rings. The van der Waals surface area contributed by atoms with Gasteiger partial charge in [-0.2, -0.15) is 16.3 Å². The minimum Gasteiger partial charge on any atom is -0.370 e. The third-order valence-corrected chi connectivity index (χ3v) is 4.89. The summed E-state index contributed by atoms with van der Waals surface area (Å²) in [5, 5.41) is 15.5. The highest BCUT2D eigenvalue weighted by atomic mass is 32.2. The highest BCUT2D eigenvalue weighted by Crippen LogP contribution is 2.20. The summed E-state index contributed by atoms with van der Waals surface area (Å²) in [7, 11) is 0. The predicted octanol–water partition coefficient (Wildman–Crippen LogP) is 2.29. The fraction of sp³-hybridized carbons (Fsp3) is 0.312. The molecule has 2 aromatic heterocycles. The highest BCUT2D eigenvalue weighted by molar-refractivity contribution is 7.99. The number of rotatable bonds is 4. The van der Waals surface area contributed by atoms with Gasteiger partial charge in [0.05, 0.1) is 0 Å².